The molecule has 1 fully saturated rings. The Bertz CT molecular complexity index is 1620. The van der Waals surface area contributed by atoms with Crippen LogP contribution in [0.15, 0.2) is 50.0 Å². The van der Waals surface area contributed by atoms with E-state index in [0.717, 1.165) is 27.7 Å². The molecule has 3 aromatic rings. The molecule has 3 aromatic heterocycles. The first-order valence-corrected chi connectivity index (χ1v) is 15.8. The van der Waals surface area contributed by atoms with Gasteiger partial charge in [0.05, 0.1) is 17.4 Å². The maximum Gasteiger partial charge on any atom is 0.278 e. The Morgan fingerprint density at radius 1 is 1.29 bits per heavy atom. The number of aromatic nitrogens is 4. The lowest BCUT2D eigenvalue weighted by molar-refractivity contribution is -0.671. The zero-order chi connectivity index (χ0) is 30.0. The Hall–Kier alpha value is -3.87. The van der Waals surface area contributed by atoms with Crippen molar-refractivity contribution >= 4 is 80.9 Å². The van der Waals surface area contributed by atoms with Crippen molar-refractivity contribution < 1.29 is 33.7 Å². The topological polar surface area (TPSA) is 183 Å². The summed E-state index contributed by atoms with van der Waals surface area (Å²) in [6.45, 7) is 3.12. The van der Waals surface area contributed by atoms with E-state index in [1.54, 1.807) is 6.92 Å². The van der Waals surface area contributed by atoms with Crippen LogP contribution in [0, 0.1) is 0 Å². The van der Waals surface area contributed by atoms with Crippen LogP contribution in [-0.2, 0) is 31.1 Å². The van der Waals surface area contributed by atoms with Gasteiger partial charge in [-0.3, -0.25) is 19.3 Å². The molecule has 218 valence electrons. The summed E-state index contributed by atoms with van der Waals surface area (Å²) in [5.74, 6) is -3.11. The van der Waals surface area contributed by atoms with Crippen molar-refractivity contribution in [1.29, 1.82) is 0 Å². The van der Waals surface area contributed by atoms with Crippen LogP contribution in [0.25, 0.3) is 11.3 Å². The lowest BCUT2D eigenvalue weighted by Gasteiger charge is -2.50. The van der Waals surface area contributed by atoms with Gasteiger partial charge in [-0.15, -0.1) is 23.1 Å². The van der Waals surface area contributed by atoms with Crippen LogP contribution in [0.2, 0.25) is 0 Å². The number of carbonyl (C=O) groups is 4. The number of aryl methyl sites for hydroxylation is 1. The third kappa shape index (κ3) is 6.15. The van der Waals surface area contributed by atoms with Gasteiger partial charge in [-0.1, -0.05) is 16.9 Å². The third-order valence-electron chi connectivity index (χ3n) is 5.80. The number of thiazole rings is 1. The molecule has 5 heterocycles. The summed E-state index contributed by atoms with van der Waals surface area (Å²) in [6, 6.07) is 2.83. The minimum Gasteiger partial charge on any atom is -0.543 e. The molecule has 2 atom stereocenters. The van der Waals surface area contributed by atoms with E-state index in [1.165, 1.54) is 41.8 Å². The molecule has 0 aromatic carbocycles. The Balaban J connectivity index is 1.31. The molecule has 1 saturated heterocycles. The van der Waals surface area contributed by atoms with Gasteiger partial charge in [-0.2, -0.15) is 9.36 Å². The number of carboxylic acid groups (broad SMARTS) is 1. The smallest absolute Gasteiger partial charge is 0.278 e. The zero-order valence-corrected chi connectivity index (χ0v) is 25.5. The second-order valence-corrected chi connectivity index (χ2v) is 12.8. The average Bonchev–Trinajstić information content (AvgIpc) is 3.61. The number of β-lactam (4-membered cyclic amide) rings is 1. The van der Waals surface area contributed by atoms with Crippen LogP contribution < -0.4 is 20.3 Å². The molecule has 2 aliphatic rings. The molecule has 0 aliphatic carbocycles. The summed E-state index contributed by atoms with van der Waals surface area (Å²) < 4.78 is 6.57. The summed E-state index contributed by atoms with van der Waals surface area (Å²) in [5, 5.41) is 22.4. The van der Waals surface area contributed by atoms with Crippen molar-refractivity contribution in [2.24, 2.45) is 12.2 Å². The Labute approximate surface area is 255 Å². The van der Waals surface area contributed by atoms with Gasteiger partial charge in [-0.05, 0) is 6.92 Å². The molecule has 0 bridgehead atoms. The molecule has 0 unspecified atom stereocenters. The normalized spacial score (nSPS) is 18.3. The highest BCUT2D eigenvalue weighted by Crippen LogP contribution is 2.45. The minimum absolute atomic E-state index is 0.101. The van der Waals surface area contributed by atoms with Crippen molar-refractivity contribution in [2.45, 2.75) is 29.6 Å². The fourth-order valence-electron chi connectivity index (χ4n) is 3.92. The molecule has 14 nitrogen and oxygen atoms in total. The number of carboxylic acids is 1. The zero-order valence-electron chi connectivity index (χ0n) is 22.2. The summed E-state index contributed by atoms with van der Waals surface area (Å²) in [7, 11) is 1.91. The maximum absolute atomic E-state index is 13.2. The van der Waals surface area contributed by atoms with Gasteiger partial charge >= 0.3 is 0 Å². The van der Waals surface area contributed by atoms with Crippen LogP contribution in [0.1, 0.15) is 19.7 Å². The van der Waals surface area contributed by atoms with Gasteiger partial charge in [0.2, 0.25) is 22.6 Å². The fourth-order valence-corrected chi connectivity index (χ4v) is 7.99. The van der Waals surface area contributed by atoms with E-state index in [0.29, 0.717) is 9.24 Å². The first-order valence-electron chi connectivity index (χ1n) is 12.3. The largest absolute Gasteiger partial charge is 0.543 e. The van der Waals surface area contributed by atoms with Crippen molar-refractivity contribution in [3.05, 3.63) is 46.3 Å². The number of anilines is 1. The standard InChI is InChI=1S/C24H22N8O6S4/c1-4-38-29-15(18-28-23(42-30-18)25-11(2)33)19(34)27-16-20(35)32-17(22(36)37)14(10-39-21(16)32)41-24-26-13(9-40-24)12-5-7-31(3)8-6-12/h5-9,16,21H,4,10H2,1-3H3,(H2-,25,27,28,30,33,34,36,37)/b29-15+/t16-,21-/m1/s1. The highest BCUT2D eigenvalue weighted by molar-refractivity contribution is 8.07. The van der Waals surface area contributed by atoms with Gasteiger partial charge in [0.25, 0.3) is 11.8 Å². The monoisotopic (exact) mass is 646 g/mol. The summed E-state index contributed by atoms with van der Waals surface area (Å²) in [6.07, 6.45) is 3.81. The predicted molar refractivity (Wildman–Crippen MR) is 154 cm³/mol. The maximum atomic E-state index is 13.2. The van der Waals surface area contributed by atoms with Crippen molar-refractivity contribution in [2.75, 3.05) is 17.7 Å². The van der Waals surface area contributed by atoms with Crippen molar-refractivity contribution in [1.82, 2.24) is 24.6 Å². The molecule has 2 aliphatic heterocycles. The summed E-state index contributed by atoms with van der Waals surface area (Å²) in [4.78, 5) is 65.1. The minimum atomic E-state index is -1.50. The van der Waals surface area contributed by atoms with Gasteiger partial charge in [0.1, 0.15) is 25.1 Å². The lowest BCUT2D eigenvalue weighted by atomic mass is 10.0. The number of pyridine rings is 1. The molecular formula is C24H22N8O6S4. The van der Waals surface area contributed by atoms with Crippen molar-refractivity contribution in [3.8, 4) is 11.3 Å². The Morgan fingerprint density at radius 2 is 2.05 bits per heavy atom. The van der Waals surface area contributed by atoms with E-state index in [-0.39, 0.29) is 40.6 Å². The number of carbonyl (C=O) groups excluding carboxylic acids is 4. The molecule has 2 N–H and O–H groups in total. The van der Waals surface area contributed by atoms with Gasteiger partial charge in [0, 0.05) is 52.2 Å². The van der Waals surface area contributed by atoms with Gasteiger partial charge in [-0.25, -0.2) is 9.55 Å². The van der Waals surface area contributed by atoms with E-state index in [2.05, 4.69) is 30.1 Å². The second-order valence-electron chi connectivity index (χ2n) is 8.74. The average molecular weight is 647 g/mol. The Kier molecular flexibility index (Phi) is 8.85. The molecule has 5 rings (SSSR count). The number of hydrogen-bond acceptors (Lipinski definition) is 14. The highest BCUT2D eigenvalue weighted by Gasteiger charge is 2.53. The van der Waals surface area contributed by atoms with Gasteiger partial charge in [0.15, 0.2) is 16.7 Å². The highest BCUT2D eigenvalue weighted by atomic mass is 32.2. The second kappa shape index (κ2) is 12.6. The summed E-state index contributed by atoms with van der Waals surface area (Å²) >= 11 is 4.69. The number of oxime groups is 1. The Morgan fingerprint density at radius 3 is 2.74 bits per heavy atom. The molecule has 0 radical (unpaired) electrons. The molecule has 42 heavy (non-hydrogen) atoms. The van der Waals surface area contributed by atoms with Crippen LogP contribution in [0.3, 0.4) is 0 Å². The molecule has 0 saturated carbocycles. The number of rotatable bonds is 10. The first-order chi connectivity index (χ1) is 20.2. The first kappa shape index (κ1) is 29.6. The van der Waals surface area contributed by atoms with E-state index in [1.807, 2.05) is 41.5 Å². The van der Waals surface area contributed by atoms with E-state index in [4.69, 9.17) is 4.84 Å². The lowest BCUT2D eigenvalue weighted by Crippen LogP contribution is -2.71. The number of nitrogens with zero attached hydrogens (tertiary/aromatic N) is 6. The number of fused-ring (bicyclic) bond motifs is 1. The molecule has 3 amide bonds. The van der Waals surface area contributed by atoms with Gasteiger partial charge < -0.3 is 25.4 Å². The quantitative estimate of drug-likeness (QED) is 0.134. The van der Waals surface area contributed by atoms with Crippen molar-refractivity contribution in [3.63, 3.8) is 0 Å². The van der Waals surface area contributed by atoms with E-state index in [9.17, 15) is 24.3 Å². The number of nitrogens with one attached hydrogen (secondary N) is 2. The third-order valence-corrected chi connectivity index (χ3v) is 9.92. The SMILES string of the molecule is CCO/N=C(/C(=O)N[C@@H]1C(=O)N2C(C(=O)[O-])=C(Sc3nc(-c4cc[n+](C)cc4)cs3)CS[C@H]12)c1nsc(NC(C)=O)n1. The number of amides is 3. The molecule has 0 spiro atoms. The number of aliphatic carboxylic acids is 1. The number of thioether (sulfide) groups is 2. The van der Waals surface area contributed by atoms with Crippen LogP contribution in [0.4, 0.5) is 5.13 Å². The van der Waals surface area contributed by atoms with Crippen LogP contribution in [0.5, 0.6) is 0 Å². The predicted octanol–water partition coefficient (Wildman–Crippen LogP) is 0.339. The molecular weight excluding hydrogens is 625 g/mol. The summed E-state index contributed by atoms with van der Waals surface area (Å²) in [5.41, 5.74) is 1.14. The van der Waals surface area contributed by atoms with Crippen LogP contribution in [-0.4, -0.2) is 72.4 Å². The van der Waals surface area contributed by atoms with Crippen LogP contribution >= 0.6 is 46.4 Å². The fraction of sp³-hybridized carbons (Fsp3) is 0.292. The van der Waals surface area contributed by atoms with E-state index < -0.39 is 29.2 Å². The molecule has 18 heteroatoms. The van der Waals surface area contributed by atoms with E-state index >= 15 is 0 Å². The number of hydrogen-bond donors (Lipinski definition) is 2.